The number of halogens is 9. The van der Waals surface area contributed by atoms with Crippen LogP contribution in [0.4, 0.5) is 39.5 Å². The van der Waals surface area contributed by atoms with Gasteiger partial charge in [0.25, 0.3) is 0 Å². The van der Waals surface area contributed by atoms with E-state index in [0.717, 1.165) is 0 Å². The van der Waals surface area contributed by atoms with E-state index in [1.165, 1.54) is 30.3 Å². The monoisotopic (exact) mass is 368 g/mol. The van der Waals surface area contributed by atoms with Crippen LogP contribution in [0.5, 0.6) is 0 Å². The van der Waals surface area contributed by atoms with Crippen molar-refractivity contribution >= 4 is 5.97 Å². The molecular weight excluding hydrogens is 359 g/mol. The topological polar surface area (TPSA) is 26.3 Å². The van der Waals surface area contributed by atoms with E-state index in [2.05, 4.69) is 4.74 Å². The minimum atomic E-state index is -6.95. The zero-order chi connectivity index (χ0) is 18.8. The van der Waals surface area contributed by atoms with Gasteiger partial charge in [-0.25, -0.2) is 4.79 Å². The second-order valence-corrected chi connectivity index (χ2v) is 4.60. The fraction of sp³-hybridized carbons (Fsp3) is 0.462. The Bertz CT molecular complexity index is 567. The van der Waals surface area contributed by atoms with Crippen molar-refractivity contribution in [1.29, 1.82) is 0 Å². The number of esters is 1. The molecule has 0 N–H and O–H groups in total. The van der Waals surface area contributed by atoms with Crippen molar-refractivity contribution < 1.29 is 49.0 Å². The van der Waals surface area contributed by atoms with Crippen LogP contribution >= 0.6 is 0 Å². The number of carbonyl (C=O) groups is 1. The Hall–Kier alpha value is -1.94. The molecule has 0 heterocycles. The van der Waals surface area contributed by atoms with Crippen molar-refractivity contribution in [2.24, 2.45) is 0 Å². The SMILES string of the molecule is O=C(OCCC(F)(F)C(F)(F)C(F)(F)C(F)(F)F)c1ccccc1. The second-order valence-electron chi connectivity index (χ2n) is 4.60. The summed E-state index contributed by atoms with van der Waals surface area (Å²) in [5, 5.41) is 0. The van der Waals surface area contributed by atoms with E-state index >= 15 is 0 Å². The first kappa shape index (κ1) is 20.1. The Balaban J connectivity index is 2.77. The first-order valence-electron chi connectivity index (χ1n) is 6.16. The van der Waals surface area contributed by atoms with Gasteiger partial charge in [0.05, 0.1) is 18.6 Å². The zero-order valence-electron chi connectivity index (χ0n) is 11.5. The summed E-state index contributed by atoms with van der Waals surface area (Å²) in [6.07, 6.45) is -9.09. The molecule has 0 bridgehead atoms. The smallest absolute Gasteiger partial charge is 0.460 e. The highest BCUT2D eigenvalue weighted by atomic mass is 19.4. The highest BCUT2D eigenvalue weighted by Gasteiger charge is 2.81. The van der Waals surface area contributed by atoms with E-state index in [9.17, 15) is 44.3 Å². The van der Waals surface area contributed by atoms with Gasteiger partial charge in [-0.2, -0.15) is 39.5 Å². The van der Waals surface area contributed by atoms with Crippen molar-refractivity contribution in [2.45, 2.75) is 30.4 Å². The molecule has 11 heteroatoms. The molecule has 0 unspecified atom stereocenters. The highest BCUT2D eigenvalue weighted by Crippen LogP contribution is 2.53. The molecule has 0 aromatic heterocycles. The van der Waals surface area contributed by atoms with Gasteiger partial charge in [-0.3, -0.25) is 0 Å². The van der Waals surface area contributed by atoms with E-state index in [4.69, 9.17) is 0 Å². The van der Waals surface area contributed by atoms with Crippen LogP contribution in [0.1, 0.15) is 16.8 Å². The third-order valence-corrected chi connectivity index (χ3v) is 2.87. The molecule has 0 aliphatic carbocycles. The minimum Gasteiger partial charge on any atom is -0.462 e. The lowest BCUT2D eigenvalue weighted by Crippen LogP contribution is -2.61. The zero-order valence-corrected chi connectivity index (χ0v) is 11.5. The number of hydrogen-bond acceptors (Lipinski definition) is 2. The Morgan fingerprint density at radius 2 is 1.33 bits per heavy atom. The third kappa shape index (κ3) is 3.75. The van der Waals surface area contributed by atoms with Crippen molar-refractivity contribution in [3.05, 3.63) is 35.9 Å². The maximum Gasteiger partial charge on any atom is 0.460 e. The fourth-order valence-electron chi connectivity index (χ4n) is 1.49. The lowest BCUT2D eigenvalue weighted by molar-refractivity contribution is -0.397. The van der Waals surface area contributed by atoms with E-state index < -0.39 is 42.9 Å². The van der Waals surface area contributed by atoms with Gasteiger partial charge in [-0.1, -0.05) is 18.2 Å². The molecule has 1 rings (SSSR count). The molecule has 0 aliphatic heterocycles. The summed E-state index contributed by atoms with van der Waals surface area (Å²) in [6.45, 7) is -1.48. The largest absolute Gasteiger partial charge is 0.462 e. The quantitative estimate of drug-likeness (QED) is 0.537. The van der Waals surface area contributed by atoms with E-state index in [0.29, 0.717) is 0 Å². The fourth-order valence-corrected chi connectivity index (χ4v) is 1.49. The van der Waals surface area contributed by atoms with Crippen LogP contribution in [0.3, 0.4) is 0 Å². The van der Waals surface area contributed by atoms with Gasteiger partial charge in [-0.05, 0) is 12.1 Å². The Morgan fingerprint density at radius 1 is 0.833 bits per heavy atom. The van der Waals surface area contributed by atoms with Crippen LogP contribution < -0.4 is 0 Å². The molecule has 1 aromatic carbocycles. The number of ether oxygens (including phenoxy) is 1. The van der Waals surface area contributed by atoms with Crippen LogP contribution in [-0.4, -0.2) is 36.5 Å². The lowest BCUT2D eigenvalue weighted by atomic mass is 10.0. The summed E-state index contributed by atoms with van der Waals surface area (Å²) in [5.41, 5.74) is -0.145. The van der Waals surface area contributed by atoms with E-state index in [-0.39, 0.29) is 5.56 Å². The van der Waals surface area contributed by atoms with E-state index in [1.54, 1.807) is 0 Å². The molecule has 0 atom stereocenters. The Labute approximate surface area is 129 Å². The summed E-state index contributed by atoms with van der Waals surface area (Å²) in [5.74, 6) is -20.6. The van der Waals surface area contributed by atoms with Crippen LogP contribution in [0.2, 0.25) is 0 Å². The normalized spacial score (nSPS) is 13.7. The van der Waals surface area contributed by atoms with Crippen molar-refractivity contribution in [3.63, 3.8) is 0 Å². The van der Waals surface area contributed by atoms with Gasteiger partial charge in [0.1, 0.15) is 0 Å². The molecule has 2 nitrogen and oxygen atoms in total. The summed E-state index contributed by atoms with van der Waals surface area (Å²) in [4.78, 5) is 11.4. The number of hydrogen-bond donors (Lipinski definition) is 0. The van der Waals surface area contributed by atoms with Gasteiger partial charge >= 0.3 is 29.9 Å². The Kier molecular flexibility index (Phi) is 5.46. The number of rotatable bonds is 6. The van der Waals surface area contributed by atoms with Gasteiger partial charge in [0.2, 0.25) is 0 Å². The van der Waals surface area contributed by atoms with Crippen molar-refractivity contribution in [3.8, 4) is 0 Å². The first-order valence-corrected chi connectivity index (χ1v) is 6.16. The minimum absolute atomic E-state index is 0.145. The highest BCUT2D eigenvalue weighted by molar-refractivity contribution is 5.89. The molecular formula is C13H9F9O2. The molecule has 0 saturated carbocycles. The van der Waals surface area contributed by atoms with Crippen LogP contribution in [-0.2, 0) is 4.74 Å². The maximum atomic E-state index is 13.2. The van der Waals surface area contributed by atoms with Gasteiger partial charge in [0, 0.05) is 0 Å². The molecule has 1 aromatic rings. The molecule has 0 aliphatic rings. The summed E-state index contributed by atoms with van der Waals surface area (Å²) in [7, 11) is 0. The molecule has 0 saturated heterocycles. The predicted molar refractivity (Wildman–Crippen MR) is 62.2 cm³/mol. The predicted octanol–water partition coefficient (Wildman–Crippen LogP) is 4.70. The molecule has 0 amide bonds. The Morgan fingerprint density at radius 3 is 1.79 bits per heavy atom. The molecule has 0 spiro atoms. The average Bonchev–Trinajstić information content (AvgIpc) is 2.46. The standard InChI is InChI=1S/C13H9F9O2/c14-10(15,11(16,17)12(18,19)13(20,21)22)6-7-24-9(23)8-4-2-1-3-5-8/h1-5H,6-7H2. The van der Waals surface area contributed by atoms with Crippen molar-refractivity contribution in [2.75, 3.05) is 6.61 Å². The van der Waals surface area contributed by atoms with Crippen molar-refractivity contribution in [1.82, 2.24) is 0 Å². The molecule has 24 heavy (non-hydrogen) atoms. The van der Waals surface area contributed by atoms with E-state index in [1.807, 2.05) is 0 Å². The number of carbonyl (C=O) groups excluding carboxylic acids is 1. The maximum absolute atomic E-state index is 13.2. The van der Waals surface area contributed by atoms with Gasteiger partial charge in [0.15, 0.2) is 0 Å². The van der Waals surface area contributed by atoms with Gasteiger partial charge in [-0.15, -0.1) is 0 Å². The van der Waals surface area contributed by atoms with Crippen LogP contribution in [0.15, 0.2) is 30.3 Å². The molecule has 136 valence electrons. The summed E-state index contributed by atoms with van der Waals surface area (Å²) < 4.78 is 117. The first-order chi connectivity index (χ1) is 10.7. The molecule has 0 radical (unpaired) electrons. The third-order valence-electron chi connectivity index (χ3n) is 2.87. The van der Waals surface area contributed by atoms with Gasteiger partial charge < -0.3 is 4.74 Å². The molecule has 0 fully saturated rings. The lowest BCUT2D eigenvalue weighted by Gasteiger charge is -2.33. The van der Waals surface area contributed by atoms with Crippen LogP contribution in [0.25, 0.3) is 0 Å². The van der Waals surface area contributed by atoms with Crippen LogP contribution in [0, 0.1) is 0 Å². The summed E-state index contributed by atoms with van der Waals surface area (Å²) >= 11 is 0. The summed E-state index contributed by atoms with van der Waals surface area (Å²) in [6, 6.07) is 6.59. The number of benzene rings is 1. The second kappa shape index (κ2) is 6.52. The average molecular weight is 368 g/mol. The number of alkyl halides is 9.